The van der Waals surface area contributed by atoms with Crippen molar-refractivity contribution in [1.29, 1.82) is 0 Å². The molecule has 0 saturated carbocycles. The summed E-state index contributed by atoms with van der Waals surface area (Å²) in [5.41, 5.74) is 23.2. The maximum Gasteiger partial charge on any atom is 0.0714 e. The van der Waals surface area contributed by atoms with Gasteiger partial charge in [-0.2, -0.15) is 0 Å². The van der Waals surface area contributed by atoms with E-state index in [1.807, 2.05) is 0 Å². The fourth-order valence-electron chi connectivity index (χ4n) is 12.1. The molecule has 0 fully saturated rings. The van der Waals surface area contributed by atoms with Crippen LogP contribution in [0.5, 0.6) is 0 Å². The lowest BCUT2D eigenvalue weighted by Gasteiger charge is -2.35. The summed E-state index contributed by atoms with van der Waals surface area (Å²) >= 11 is 0. The summed E-state index contributed by atoms with van der Waals surface area (Å²) in [6, 6.07) is 111. The average Bonchev–Trinajstić information content (AvgIpc) is 4.01. The van der Waals surface area contributed by atoms with E-state index in [9.17, 15) is 0 Å². The highest BCUT2D eigenvalue weighted by molar-refractivity contribution is 6.09. The molecule has 0 bridgehead atoms. The summed E-state index contributed by atoms with van der Waals surface area (Å²) in [5.74, 6) is 0. The molecule has 13 aromatic rings. The van der Waals surface area contributed by atoms with Crippen LogP contribution >= 0.6 is 0 Å². The van der Waals surface area contributed by atoms with Gasteiger partial charge in [-0.3, -0.25) is 0 Å². The van der Waals surface area contributed by atoms with Crippen LogP contribution in [0.3, 0.4) is 0 Å². The van der Waals surface area contributed by atoms with E-state index in [2.05, 4.69) is 313 Å². The van der Waals surface area contributed by atoms with Crippen LogP contribution in [0.2, 0.25) is 0 Å². The van der Waals surface area contributed by atoms with Gasteiger partial charge in [-0.1, -0.05) is 255 Å². The highest BCUT2D eigenvalue weighted by Crippen LogP contribution is 2.58. The third kappa shape index (κ3) is 7.33. The first-order chi connectivity index (χ1) is 37.2. The van der Waals surface area contributed by atoms with E-state index in [0.29, 0.717) is 0 Å². The Bertz CT molecular complexity index is 4030. The van der Waals surface area contributed by atoms with E-state index in [4.69, 9.17) is 0 Å². The van der Waals surface area contributed by atoms with Crippen molar-refractivity contribution in [3.63, 3.8) is 0 Å². The number of para-hydroxylation sites is 3. The first kappa shape index (κ1) is 44.0. The number of nitrogens with zero attached hydrogens (tertiary/aromatic N) is 2. The Morgan fingerprint density at radius 2 is 0.667 bits per heavy atom. The molecular formula is C73H50N2. The number of anilines is 3. The highest BCUT2D eigenvalue weighted by atomic mass is 15.1. The van der Waals surface area contributed by atoms with E-state index >= 15 is 0 Å². The molecule has 14 rings (SSSR count). The summed E-state index contributed by atoms with van der Waals surface area (Å²) in [6.45, 7) is 0. The summed E-state index contributed by atoms with van der Waals surface area (Å²) in [5, 5.41) is 2.54. The summed E-state index contributed by atoms with van der Waals surface area (Å²) in [6.07, 6.45) is 0. The second kappa shape index (κ2) is 18.4. The van der Waals surface area contributed by atoms with Crippen molar-refractivity contribution in [2.75, 3.05) is 4.90 Å². The molecule has 0 radical (unpaired) electrons. The van der Waals surface area contributed by atoms with Gasteiger partial charge in [0.05, 0.1) is 22.1 Å². The summed E-state index contributed by atoms with van der Waals surface area (Å²) in [7, 11) is 0. The predicted octanol–water partition coefficient (Wildman–Crippen LogP) is 19.3. The zero-order valence-electron chi connectivity index (χ0n) is 41.3. The van der Waals surface area contributed by atoms with Crippen molar-refractivity contribution >= 4 is 38.9 Å². The summed E-state index contributed by atoms with van der Waals surface area (Å²) in [4.78, 5) is 2.50. The van der Waals surface area contributed by atoms with Crippen LogP contribution in [0.15, 0.2) is 303 Å². The van der Waals surface area contributed by atoms with Crippen LogP contribution in [-0.2, 0) is 5.41 Å². The van der Waals surface area contributed by atoms with Crippen molar-refractivity contribution < 1.29 is 0 Å². The fraction of sp³-hybridized carbons (Fsp3) is 0.0137. The Hall–Kier alpha value is -9.76. The lowest BCUT2D eigenvalue weighted by Crippen LogP contribution is -2.28. The van der Waals surface area contributed by atoms with Crippen LogP contribution in [0, 0.1) is 0 Å². The normalized spacial score (nSPS) is 12.4. The van der Waals surface area contributed by atoms with Crippen molar-refractivity contribution in [2.45, 2.75) is 5.41 Å². The molecule has 0 saturated heterocycles. The molecular weight excluding hydrogens is 905 g/mol. The Labute approximate surface area is 438 Å². The SMILES string of the molecule is c1ccc(-c2cccc(-c3ccccc3)c2N(c2ccc(-c3ccc(-c4ccc(-n5c6ccccc6c6ccccc65)cc4)cc3)cc2)c2ccc3c(c2)C(c2ccccc2)(c2ccccc2)c2ccccc2-3)cc1. The Kier molecular flexibility index (Phi) is 10.8. The standard InChI is InChI=1S/C73H50N2/c1-5-20-55(21-6-1)62-31-19-32-63(56-22-7-2-8-23-56)72(62)74(61-48-49-65-64-28-13-16-33-68(64)73(69(65)50-61,57-24-9-3-10-25-57)58-26-11-4-12-27-58)59-44-40-53(41-45-59)51-36-38-52(39-37-51)54-42-46-60(47-43-54)75-70-34-17-14-29-66(70)67-30-15-18-35-71(67)75/h1-50H. The first-order valence-corrected chi connectivity index (χ1v) is 25.9. The van der Waals surface area contributed by atoms with Gasteiger partial charge in [0.15, 0.2) is 0 Å². The van der Waals surface area contributed by atoms with E-state index in [1.54, 1.807) is 0 Å². The minimum absolute atomic E-state index is 0.554. The lowest BCUT2D eigenvalue weighted by molar-refractivity contribution is 0.768. The molecule has 0 N–H and O–H groups in total. The molecule has 0 amide bonds. The molecule has 2 heteroatoms. The summed E-state index contributed by atoms with van der Waals surface area (Å²) < 4.78 is 2.37. The van der Waals surface area contributed by atoms with E-state index in [1.165, 1.54) is 71.9 Å². The predicted molar refractivity (Wildman–Crippen MR) is 315 cm³/mol. The maximum absolute atomic E-state index is 2.50. The molecule has 12 aromatic carbocycles. The van der Waals surface area contributed by atoms with Crippen molar-refractivity contribution in [1.82, 2.24) is 4.57 Å². The molecule has 1 heterocycles. The van der Waals surface area contributed by atoms with Gasteiger partial charge in [-0.05, 0) is 115 Å². The lowest BCUT2D eigenvalue weighted by atomic mass is 9.67. The number of aromatic nitrogens is 1. The molecule has 1 aromatic heterocycles. The van der Waals surface area contributed by atoms with Gasteiger partial charge in [-0.15, -0.1) is 0 Å². The quantitative estimate of drug-likeness (QED) is 0.133. The second-order valence-corrected chi connectivity index (χ2v) is 19.6. The number of fused-ring (bicyclic) bond motifs is 6. The zero-order valence-corrected chi connectivity index (χ0v) is 41.3. The number of hydrogen-bond acceptors (Lipinski definition) is 1. The molecule has 352 valence electrons. The largest absolute Gasteiger partial charge is 0.309 e. The van der Waals surface area contributed by atoms with Crippen molar-refractivity contribution in [3.8, 4) is 61.3 Å². The first-order valence-electron chi connectivity index (χ1n) is 25.9. The van der Waals surface area contributed by atoms with Gasteiger partial charge in [0.25, 0.3) is 0 Å². The van der Waals surface area contributed by atoms with Crippen LogP contribution in [0.25, 0.3) is 83.1 Å². The van der Waals surface area contributed by atoms with Gasteiger partial charge in [0, 0.05) is 39.0 Å². The minimum atomic E-state index is -0.554. The van der Waals surface area contributed by atoms with E-state index < -0.39 is 5.41 Å². The van der Waals surface area contributed by atoms with E-state index in [-0.39, 0.29) is 0 Å². The molecule has 0 spiro atoms. The van der Waals surface area contributed by atoms with Gasteiger partial charge in [0.1, 0.15) is 0 Å². The number of rotatable bonds is 10. The molecule has 2 nitrogen and oxygen atoms in total. The average molecular weight is 955 g/mol. The Morgan fingerprint density at radius 1 is 0.267 bits per heavy atom. The van der Waals surface area contributed by atoms with Crippen molar-refractivity contribution in [2.24, 2.45) is 0 Å². The smallest absolute Gasteiger partial charge is 0.0714 e. The Morgan fingerprint density at radius 3 is 1.20 bits per heavy atom. The van der Waals surface area contributed by atoms with Crippen molar-refractivity contribution in [3.05, 3.63) is 326 Å². The van der Waals surface area contributed by atoms with Crippen LogP contribution in [-0.4, -0.2) is 4.57 Å². The second-order valence-electron chi connectivity index (χ2n) is 19.6. The molecule has 0 unspecified atom stereocenters. The molecule has 0 atom stereocenters. The zero-order chi connectivity index (χ0) is 49.7. The van der Waals surface area contributed by atoms with Gasteiger partial charge >= 0.3 is 0 Å². The van der Waals surface area contributed by atoms with Gasteiger partial charge < -0.3 is 9.47 Å². The topological polar surface area (TPSA) is 8.17 Å². The van der Waals surface area contributed by atoms with Gasteiger partial charge in [-0.25, -0.2) is 0 Å². The monoisotopic (exact) mass is 954 g/mol. The Balaban J connectivity index is 0.896. The molecule has 0 aliphatic heterocycles. The number of benzene rings is 12. The van der Waals surface area contributed by atoms with Crippen LogP contribution in [0.4, 0.5) is 17.1 Å². The molecule has 1 aliphatic carbocycles. The highest BCUT2D eigenvalue weighted by Gasteiger charge is 2.46. The third-order valence-corrected chi connectivity index (χ3v) is 15.5. The van der Waals surface area contributed by atoms with Gasteiger partial charge in [0.2, 0.25) is 0 Å². The minimum Gasteiger partial charge on any atom is -0.309 e. The molecule has 1 aliphatic rings. The molecule has 75 heavy (non-hydrogen) atoms. The van der Waals surface area contributed by atoms with Crippen LogP contribution in [0.1, 0.15) is 22.3 Å². The fourth-order valence-corrected chi connectivity index (χ4v) is 12.1. The maximum atomic E-state index is 2.50. The third-order valence-electron chi connectivity index (χ3n) is 15.5. The van der Waals surface area contributed by atoms with Crippen LogP contribution < -0.4 is 4.90 Å². The number of hydrogen-bond donors (Lipinski definition) is 0. The van der Waals surface area contributed by atoms with E-state index in [0.717, 1.165) is 50.6 Å².